The third-order valence-electron chi connectivity index (χ3n) is 3.51. The molecule has 136 valence electrons. The largest absolute Gasteiger partial charge is 0.364 e. The van der Waals surface area contributed by atoms with Crippen LogP contribution in [-0.2, 0) is 12.5 Å². The summed E-state index contributed by atoms with van der Waals surface area (Å²) in [4.78, 5) is 14.3. The number of aromatic nitrogens is 1. The van der Waals surface area contributed by atoms with Crippen LogP contribution in [0, 0.1) is 16.7 Å². The van der Waals surface area contributed by atoms with Gasteiger partial charge in [-0.2, -0.15) is 0 Å². The third kappa shape index (κ3) is 5.18. The first-order valence-corrected chi connectivity index (χ1v) is 8.58. The summed E-state index contributed by atoms with van der Waals surface area (Å²) in [6.07, 6.45) is 0. The molecule has 1 heterocycles. The number of benzene rings is 1. The van der Waals surface area contributed by atoms with Gasteiger partial charge in [0.05, 0.1) is 12.0 Å². The number of hydrogen-bond donors (Lipinski definition) is 0. The van der Waals surface area contributed by atoms with Gasteiger partial charge in [-0.15, -0.1) is 0 Å². The zero-order valence-corrected chi connectivity index (χ0v) is 16.5. The summed E-state index contributed by atoms with van der Waals surface area (Å²) in [7, 11) is 1.82. The van der Waals surface area contributed by atoms with Crippen LogP contribution in [0.15, 0.2) is 30.3 Å². The molecule has 5 heteroatoms. The molecule has 5 nitrogen and oxygen atoms in total. The fourth-order valence-electron chi connectivity index (χ4n) is 2.36. The first-order chi connectivity index (χ1) is 11.8. The lowest BCUT2D eigenvalue weighted by Gasteiger charge is -2.19. The van der Waals surface area contributed by atoms with E-state index in [9.17, 15) is 10.1 Å². The highest BCUT2D eigenvalue weighted by molar-refractivity contribution is 5.68. The molecule has 0 unspecified atom stereocenters. The van der Waals surface area contributed by atoms with Gasteiger partial charge >= 0.3 is 0 Å². The van der Waals surface area contributed by atoms with E-state index in [2.05, 4.69) is 4.85 Å². The van der Waals surface area contributed by atoms with Gasteiger partial charge in [0.1, 0.15) is 5.69 Å². The molecular formula is C20H29N3O2. The standard InChI is InChI=1S/C16H17N3O2.2C2H6/c1-16(2,3)12-10-11(6-7-14(12)19(20)21)13-8-9-15(17-4)18(13)5;2*1-2/h6-10H,1-3,5H3;2*1-2H3. The van der Waals surface area contributed by atoms with Gasteiger partial charge < -0.3 is 4.85 Å². The number of nitro benzene ring substituents is 1. The molecular weight excluding hydrogens is 314 g/mol. The topological polar surface area (TPSA) is 52.4 Å². The Labute approximate surface area is 151 Å². The van der Waals surface area contributed by atoms with Crippen LogP contribution in [0.2, 0.25) is 0 Å². The minimum atomic E-state index is -0.347. The van der Waals surface area contributed by atoms with Gasteiger partial charge in [0.2, 0.25) is 5.82 Å². The fourth-order valence-corrected chi connectivity index (χ4v) is 2.36. The predicted octanol–water partition coefficient (Wildman–Crippen LogP) is 6.50. The minimum Gasteiger partial charge on any atom is -0.364 e. The summed E-state index contributed by atoms with van der Waals surface area (Å²) in [6.45, 7) is 21.0. The number of rotatable bonds is 2. The van der Waals surface area contributed by atoms with E-state index in [0.717, 1.165) is 11.3 Å². The van der Waals surface area contributed by atoms with Gasteiger partial charge in [-0.25, -0.2) is 0 Å². The first-order valence-electron chi connectivity index (χ1n) is 8.58. The Morgan fingerprint density at radius 1 is 1.08 bits per heavy atom. The van der Waals surface area contributed by atoms with Crippen molar-refractivity contribution in [2.24, 2.45) is 7.05 Å². The monoisotopic (exact) mass is 343 g/mol. The van der Waals surface area contributed by atoms with Crippen molar-refractivity contribution in [2.75, 3.05) is 0 Å². The Hall–Kier alpha value is -2.61. The molecule has 0 N–H and O–H groups in total. The normalized spacial score (nSPS) is 9.88. The van der Waals surface area contributed by atoms with E-state index in [4.69, 9.17) is 6.57 Å². The van der Waals surface area contributed by atoms with Crippen LogP contribution < -0.4 is 0 Å². The minimum absolute atomic E-state index is 0.130. The number of nitrogens with zero attached hydrogens (tertiary/aromatic N) is 3. The highest BCUT2D eigenvalue weighted by Gasteiger charge is 2.26. The molecule has 0 saturated carbocycles. The molecule has 0 radical (unpaired) electrons. The Kier molecular flexibility index (Phi) is 8.62. The summed E-state index contributed by atoms with van der Waals surface area (Å²) in [5.74, 6) is 0.542. The van der Waals surface area contributed by atoms with E-state index in [1.807, 2.05) is 67.6 Å². The van der Waals surface area contributed by atoms with Crippen molar-refractivity contribution in [3.63, 3.8) is 0 Å². The summed E-state index contributed by atoms with van der Waals surface area (Å²) in [6, 6.07) is 8.74. The molecule has 2 rings (SSSR count). The average Bonchev–Trinajstić information content (AvgIpc) is 2.97. The van der Waals surface area contributed by atoms with Crippen molar-refractivity contribution in [3.8, 4) is 11.3 Å². The maximum atomic E-state index is 11.2. The molecule has 0 amide bonds. The SMILES string of the molecule is CC.CC.[C-]#[N+]c1ccc(-c2ccc([N+](=O)[O-])c(C(C)(C)C)c2)n1C. The van der Waals surface area contributed by atoms with Crippen molar-refractivity contribution in [1.29, 1.82) is 0 Å². The van der Waals surface area contributed by atoms with Crippen molar-refractivity contribution < 1.29 is 4.92 Å². The van der Waals surface area contributed by atoms with Gasteiger partial charge in [0.25, 0.3) is 5.69 Å². The van der Waals surface area contributed by atoms with E-state index >= 15 is 0 Å². The second kappa shape index (κ2) is 9.63. The summed E-state index contributed by atoms with van der Waals surface area (Å²) in [5, 5.41) is 11.2. The lowest BCUT2D eigenvalue weighted by molar-refractivity contribution is -0.386. The molecule has 0 atom stereocenters. The van der Waals surface area contributed by atoms with Crippen LogP contribution in [0.1, 0.15) is 54.0 Å². The van der Waals surface area contributed by atoms with Gasteiger partial charge in [-0.3, -0.25) is 14.7 Å². The molecule has 25 heavy (non-hydrogen) atoms. The molecule has 1 aromatic heterocycles. The Balaban J connectivity index is 0.00000134. The summed E-state index contributed by atoms with van der Waals surface area (Å²) < 4.78 is 1.79. The summed E-state index contributed by atoms with van der Waals surface area (Å²) >= 11 is 0. The van der Waals surface area contributed by atoms with E-state index < -0.39 is 0 Å². The second-order valence-electron chi connectivity index (χ2n) is 5.99. The third-order valence-corrected chi connectivity index (χ3v) is 3.51. The van der Waals surface area contributed by atoms with Gasteiger partial charge in [0, 0.05) is 17.2 Å². The van der Waals surface area contributed by atoms with Gasteiger partial charge in [-0.05, 0) is 29.7 Å². The van der Waals surface area contributed by atoms with Crippen LogP contribution in [-0.4, -0.2) is 9.49 Å². The smallest absolute Gasteiger partial charge is 0.273 e. The average molecular weight is 343 g/mol. The highest BCUT2D eigenvalue weighted by Crippen LogP contribution is 2.35. The summed E-state index contributed by atoms with van der Waals surface area (Å²) in [5.41, 5.74) is 2.25. The van der Waals surface area contributed by atoms with E-state index in [1.165, 1.54) is 0 Å². The zero-order chi connectivity index (χ0) is 19.8. The van der Waals surface area contributed by atoms with Gasteiger partial charge in [-0.1, -0.05) is 55.0 Å². The molecule has 0 fully saturated rings. The van der Waals surface area contributed by atoms with Crippen molar-refractivity contribution in [2.45, 2.75) is 53.9 Å². The van der Waals surface area contributed by atoms with Crippen molar-refractivity contribution in [3.05, 3.63) is 57.4 Å². The lowest BCUT2D eigenvalue weighted by atomic mass is 9.84. The second-order valence-corrected chi connectivity index (χ2v) is 5.99. The Bertz CT molecular complexity index is 747. The van der Waals surface area contributed by atoms with Gasteiger partial charge in [0.15, 0.2) is 0 Å². The lowest BCUT2D eigenvalue weighted by Crippen LogP contribution is -2.14. The molecule has 0 bridgehead atoms. The molecule has 0 aliphatic carbocycles. The molecule has 0 aliphatic rings. The van der Waals surface area contributed by atoms with Crippen LogP contribution >= 0.6 is 0 Å². The number of hydrogen-bond acceptors (Lipinski definition) is 2. The van der Waals surface area contributed by atoms with Crippen molar-refractivity contribution in [1.82, 2.24) is 4.57 Å². The quantitative estimate of drug-likeness (QED) is 0.355. The van der Waals surface area contributed by atoms with E-state index in [1.54, 1.807) is 22.8 Å². The number of nitro groups is 1. The molecule has 0 aliphatic heterocycles. The first kappa shape index (κ1) is 22.4. The van der Waals surface area contributed by atoms with Crippen molar-refractivity contribution >= 4 is 11.5 Å². The van der Waals surface area contributed by atoms with Crippen LogP contribution in [0.4, 0.5) is 11.5 Å². The molecule has 2 aromatic rings. The Morgan fingerprint density at radius 3 is 2.04 bits per heavy atom. The predicted molar refractivity (Wildman–Crippen MR) is 105 cm³/mol. The Morgan fingerprint density at radius 2 is 1.64 bits per heavy atom. The maximum Gasteiger partial charge on any atom is 0.273 e. The molecule has 1 aromatic carbocycles. The van der Waals surface area contributed by atoms with E-state index in [0.29, 0.717) is 11.4 Å². The molecule has 0 saturated heterocycles. The van der Waals surface area contributed by atoms with E-state index in [-0.39, 0.29) is 16.0 Å². The van der Waals surface area contributed by atoms with Crippen LogP contribution in [0.25, 0.3) is 16.1 Å². The van der Waals surface area contributed by atoms with Crippen LogP contribution in [0.3, 0.4) is 0 Å². The molecule has 0 spiro atoms. The zero-order valence-electron chi connectivity index (χ0n) is 16.5. The fraction of sp³-hybridized carbons (Fsp3) is 0.450. The van der Waals surface area contributed by atoms with Crippen LogP contribution in [0.5, 0.6) is 0 Å². The highest BCUT2D eigenvalue weighted by atomic mass is 16.6. The maximum absolute atomic E-state index is 11.2.